The first-order chi connectivity index (χ1) is 5.58. The molecule has 1 N–H and O–H groups in total. The zero-order valence-corrected chi connectivity index (χ0v) is 8.53. The lowest BCUT2D eigenvalue weighted by atomic mass is 10.2. The molecule has 12 heavy (non-hydrogen) atoms. The van der Waals surface area contributed by atoms with E-state index in [1.807, 2.05) is 0 Å². The normalized spacial score (nSPS) is 22.1. The van der Waals surface area contributed by atoms with E-state index in [2.05, 4.69) is 0 Å². The molecule has 0 unspecified atom stereocenters. The lowest BCUT2D eigenvalue weighted by Crippen LogP contribution is -2.05. The third-order valence-electron chi connectivity index (χ3n) is 2.06. The van der Waals surface area contributed by atoms with Crippen molar-refractivity contribution in [2.75, 3.05) is 0 Å². The van der Waals surface area contributed by atoms with E-state index in [1.165, 1.54) is 12.8 Å². The zero-order valence-electron chi connectivity index (χ0n) is 6.90. The Kier molecular flexibility index (Phi) is 3.86. The van der Waals surface area contributed by atoms with Gasteiger partial charge in [0, 0.05) is 5.25 Å². The summed E-state index contributed by atoms with van der Waals surface area (Å²) in [5.74, 6) is 0. The Hall–Kier alpha value is 0.260. The molecular formula is C7H14O3S2. The lowest BCUT2D eigenvalue weighted by molar-refractivity contribution is 0.502. The number of hydrogen-bond donors (Lipinski definition) is 1. The predicted molar refractivity (Wildman–Crippen MR) is 50.6 cm³/mol. The minimum Gasteiger partial charge on any atom is -0.277 e. The molecule has 0 heterocycles. The van der Waals surface area contributed by atoms with Crippen LogP contribution in [-0.4, -0.2) is 18.2 Å². The molecule has 0 aromatic carbocycles. The Balaban J connectivity index is 2.40. The van der Waals surface area contributed by atoms with E-state index in [-0.39, 0.29) is 5.25 Å². The van der Waals surface area contributed by atoms with E-state index in [4.69, 9.17) is 4.55 Å². The topological polar surface area (TPSA) is 54.4 Å². The summed E-state index contributed by atoms with van der Waals surface area (Å²) < 4.78 is 29.7. The second kappa shape index (κ2) is 4.48. The first kappa shape index (κ1) is 10.3. The summed E-state index contributed by atoms with van der Waals surface area (Å²) in [6.07, 6.45) is 6.42. The van der Waals surface area contributed by atoms with Crippen molar-refractivity contribution in [3.63, 3.8) is 0 Å². The van der Waals surface area contributed by atoms with Crippen molar-refractivity contribution in [1.82, 2.24) is 0 Å². The van der Waals surface area contributed by atoms with Crippen LogP contribution in [0, 0.1) is 0 Å². The molecule has 72 valence electrons. The SMILES string of the molecule is O=S(=O)(O)SC1CCCCCC1. The summed E-state index contributed by atoms with van der Waals surface area (Å²) in [7, 11) is -3.10. The molecule has 3 nitrogen and oxygen atoms in total. The average Bonchev–Trinajstić information content (AvgIpc) is 2.12. The van der Waals surface area contributed by atoms with Crippen LogP contribution >= 0.6 is 10.8 Å². The Morgan fingerprint density at radius 1 is 1.08 bits per heavy atom. The van der Waals surface area contributed by atoms with Gasteiger partial charge in [-0.2, -0.15) is 8.42 Å². The van der Waals surface area contributed by atoms with Crippen LogP contribution in [0.1, 0.15) is 38.5 Å². The van der Waals surface area contributed by atoms with Gasteiger partial charge in [0.05, 0.1) is 0 Å². The molecule has 1 saturated carbocycles. The van der Waals surface area contributed by atoms with Gasteiger partial charge in [-0.1, -0.05) is 25.7 Å². The fourth-order valence-corrected chi connectivity index (χ4v) is 3.99. The molecule has 0 aromatic heterocycles. The highest BCUT2D eigenvalue weighted by Crippen LogP contribution is 2.29. The Bertz CT molecular complexity index is 215. The van der Waals surface area contributed by atoms with Crippen molar-refractivity contribution in [2.45, 2.75) is 43.8 Å². The molecular weight excluding hydrogens is 196 g/mol. The van der Waals surface area contributed by atoms with Gasteiger partial charge in [0.25, 0.3) is 0 Å². The molecule has 1 aliphatic rings. The smallest absolute Gasteiger partial charge is 0.277 e. The molecule has 0 radical (unpaired) electrons. The molecule has 0 saturated heterocycles. The summed E-state index contributed by atoms with van der Waals surface area (Å²) in [4.78, 5) is 0. The zero-order chi connectivity index (χ0) is 9.03. The second-order valence-corrected chi connectivity index (χ2v) is 6.69. The van der Waals surface area contributed by atoms with Gasteiger partial charge < -0.3 is 0 Å². The van der Waals surface area contributed by atoms with Gasteiger partial charge in [-0.25, -0.2) is 0 Å². The quantitative estimate of drug-likeness (QED) is 0.431. The monoisotopic (exact) mass is 210 g/mol. The van der Waals surface area contributed by atoms with Crippen LogP contribution in [0.25, 0.3) is 0 Å². The van der Waals surface area contributed by atoms with Crippen molar-refractivity contribution < 1.29 is 13.0 Å². The molecule has 1 fully saturated rings. The Labute approximate surface area is 77.1 Å². The lowest BCUT2D eigenvalue weighted by Gasteiger charge is -2.09. The van der Waals surface area contributed by atoms with Crippen LogP contribution in [0.4, 0.5) is 0 Å². The van der Waals surface area contributed by atoms with Gasteiger partial charge in [-0.05, 0) is 23.6 Å². The minimum atomic E-state index is -3.82. The molecule has 1 rings (SSSR count). The molecule has 0 spiro atoms. The fraction of sp³-hybridized carbons (Fsp3) is 1.00. The summed E-state index contributed by atoms with van der Waals surface area (Å²) in [6.45, 7) is 0. The molecule has 0 atom stereocenters. The number of hydrogen-bond acceptors (Lipinski definition) is 3. The molecule has 0 amide bonds. The van der Waals surface area contributed by atoms with E-state index in [0.29, 0.717) is 0 Å². The maximum atomic E-state index is 10.5. The highest BCUT2D eigenvalue weighted by Gasteiger charge is 2.18. The van der Waals surface area contributed by atoms with Gasteiger partial charge in [0.15, 0.2) is 0 Å². The second-order valence-electron chi connectivity index (χ2n) is 3.14. The van der Waals surface area contributed by atoms with Crippen LogP contribution in [0.2, 0.25) is 0 Å². The minimum absolute atomic E-state index is 0.113. The van der Waals surface area contributed by atoms with Crippen molar-refractivity contribution >= 4 is 19.9 Å². The molecule has 0 aromatic rings. The largest absolute Gasteiger partial charge is 0.319 e. The first-order valence-corrected chi connectivity index (χ1v) is 7.07. The molecule has 0 bridgehead atoms. The predicted octanol–water partition coefficient (Wildman–Crippen LogP) is 2.25. The molecule has 5 heteroatoms. The van der Waals surface area contributed by atoms with E-state index >= 15 is 0 Å². The summed E-state index contributed by atoms with van der Waals surface area (Å²) in [6, 6.07) is 0. The van der Waals surface area contributed by atoms with Gasteiger partial charge in [0.2, 0.25) is 0 Å². The van der Waals surface area contributed by atoms with Crippen LogP contribution in [-0.2, 0) is 9.15 Å². The van der Waals surface area contributed by atoms with Crippen LogP contribution in [0.3, 0.4) is 0 Å². The van der Waals surface area contributed by atoms with Gasteiger partial charge in [-0.3, -0.25) is 4.55 Å². The van der Waals surface area contributed by atoms with E-state index in [1.54, 1.807) is 0 Å². The first-order valence-electron chi connectivity index (χ1n) is 4.23. The Morgan fingerprint density at radius 2 is 1.58 bits per heavy atom. The average molecular weight is 210 g/mol. The van der Waals surface area contributed by atoms with Gasteiger partial charge in [0.1, 0.15) is 0 Å². The highest BCUT2D eigenvalue weighted by molar-refractivity contribution is 8.70. The van der Waals surface area contributed by atoms with Crippen LogP contribution in [0.15, 0.2) is 0 Å². The standard InChI is InChI=1S/C7H14O3S2/c8-12(9,10)11-7-5-3-1-2-4-6-7/h7H,1-6H2,(H,8,9,10). The van der Waals surface area contributed by atoms with Crippen molar-refractivity contribution in [2.24, 2.45) is 0 Å². The summed E-state index contributed by atoms with van der Waals surface area (Å²) >= 11 is 0. The third-order valence-corrected chi connectivity index (χ3v) is 4.59. The molecule has 1 aliphatic carbocycles. The third kappa shape index (κ3) is 4.33. The van der Waals surface area contributed by atoms with Gasteiger partial charge >= 0.3 is 9.15 Å². The van der Waals surface area contributed by atoms with Crippen molar-refractivity contribution in [1.29, 1.82) is 0 Å². The fourth-order valence-electron chi connectivity index (χ4n) is 1.51. The van der Waals surface area contributed by atoms with E-state index < -0.39 is 9.15 Å². The van der Waals surface area contributed by atoms with Crippen LogP contribution < -0.4 is 0 Å². The maximum absolute atomic E-state index is 10.5. The summed E-state index contributed by atoms with van der Waals surface area (Å²) in [5.41, 5.74) is 0. The van der Waals surface area contributed by atoms with Crippen molar-refractivity contribution in [3.8, 4) is 0 Å². The molecule has 0 aliphatic heterocycles. The van der Waals surface area contributed by atoms with Gasteiger partial charge in [-0.15, -0.1) is 0 Å². The summed E-state index contributed by atoms with van der Waals surface area (Å²) in [5, 5.41) is 0.113. The maximum Gasteiger partial charge on any atom is 0.319 e. The highest BCUT2D eigenvalue weighted by atomic mass is 33.1. The van der Waals surface area contributed by atoms with Crippen molar-refractivity contribution in [3.05, 3.63) is 0 Å². The van der Waals surface area contributed by atoms with E-state index in [9.17, 15) is 8.42 Å². The Morgan fingerprint density at radius 3 is 2.00 bits per heavy atom. The van der Waals surface area contributed by atoms with E-state index in [0.717, 1.165) is 36.5 Å². The number of rotatable bonds is 2. The van der Waals surface area contributed by atoms with Crippen LogP contribution in [0.5, 0.6) is 0 Å².